The van der Waals surface area contributed by atoms with E-state index in [4.69, 9.17) is 9.15 Å². The number of hydroxylamine groups is 1. The summed E-state index contributed by atoms with van der Waals surface area (Å²) in [5.74, 6) is 0.00273. The minimum absolute atomic E-state index is 0. The monoisotopic (exact) mass is 410 g/mol. The van der Waals surface area contributed by atoms with Crippen molar-refractivity contribution in [2.75, 3.05) is 5.06 Å². The molecule has 0 amide bonds. The van der Waals surface area contributed by atoms with Crippen LogP contribution in [0.25, 0.3) is 11.5 Å². The van der Waals surface area contributed by atoms with Gasteiger partial charge in [0.25, 0.3) is 5.88 Å². The van der Waals surface area contributed by atoms with E-state index in [1.54, 1.807) is 0 Å². The molecular weight excluding hydrogens is 398 g/mol. The van der Waals surface area contributed by atoms with E-state index in [0.29, 0.717) is 16.3 Å². The second-order valence-electron chi connectivity index (χ2n) is 5.57. The molecule has 1 aliphatic heterocycles. The van der Waals surface area contributed by atoms with Gasteiger partial charge in [0.05, 0.1) is 11.5 Å². The fraction of sp³-hybridized carbons (Fsp3) is 0.0588. The molecule has 0 radical (unpaired) electrons. The van der Waals surface area contributed by atoms with Gasteiger partial charge in [0, 0.05) is 11.6 Å². The van der Waals surface area contributed by atoms with Gasteiger partial charge >= 0.3 is 57.1 Å². The van der Waals surface area contributed by atoms with Crippen LogP contribution in [0.4, 0.5) is 16.0 Å². The Balaban J connectivity index is 0.00000225. The second-order valence-corrected chi connectivity index (χ2v) is 5.57. The number of benzene rings is 2. The van der Waals surface area contributed by atoms with Gasteiger partial charge in [-0.1, -0.05) is 0 Å². The van der Waals surface area contributed by atoms with Crippen LogP contribution in [0.15, 0.2) is 51.9 Å². The number of nitrogens with zero attached hydrogens (tertiary/aromatic N) is 4. The van der Waals surface area contributed by atoms with Gasteiger partial charge in [0.15, 0.2) is 0 Å². The van der Waals surface area contributed by atoms with E-state index in [1.807, 2.05) is 0 Å². The Bertz CT molecular complexity index is 1050. The van der Waals surface area contributed by atoms with Crippen molar-refractivity contribution < 1.29 is 23.7 Å². The number of nitro groups is 1. The Kier molecular flexibility index (Phi) is 6.22. The van der Waals surface area contributed by atoms with Crippen LogP contribution in [0.2, 0.25) is 0 Å². The number of hydrogen-bond acceptors (Lipinski definition) is 8. The Morgan fingerprint density at radius 3 is 2.68 bits per heavy atom. The molecule has 0 bridgehead atoms. The van der Waals surface area contributed by atoms with Gasteiger partial charge in [-0.25, -0.2) is 9.37 Å². The van der Waals surface area contributed by atoms with Crippen LogP contribution in [-0.4, -0.2) is 72.8 Å². The molecule has 1 aliphatic rings. The van der Waals surface area contributed by atoms with Gasteiger partial charge in [-0.15, -0.1) is 0 Å². The van der Waals surface area contributed by atoms with E-state index >= 15 is 0 Å². The van der Waals surface area contributed by atoms with E-state index in [1.165, 1.54) is 48.8 Å². The van der Waals surface area contributed by atoms with Crippen LogP contribution in [0, 0.1) is 15.9 Å². The van der Waals surface area contributed by atoms with Gasteiger partial charge in [-0.2, -0.15) is 5.06 Å². The van der Waals surface area contributed by atoms with Crippen molar-refractivity contribution in [1.82, 2.24) is 4.98 Å². The molecule has 2 heterocycles. The number of anilines is 1. The quantitative estimate of drug-likeness (QED) is 0.399. The molecule has 9 nitrogen and oxygen atoms in total. The number of halogens is 1. The number of fused-ring (bicyclic) bond motifs is 1. The van der Waals surface area contributed by atoms with E-state index in [9.17, 15) is 19.7 Å². The summed E-state index contributed by atoms with van der Waals surface area (Å²) in [6.45, 7) is 0.226. The fourth-order valence-electron chi connectivity index (χ4n) is 2.52. The summed E-state index contributed by atoms with van der Waals surface area (Å²) < 4.78 is 24.0. The maximum atomic E-state index is 13.0. The number of rotatable bonds is 4. The predicted molar refractivity (Wildman–Crippen MR) is 98.7 cm³/mol. The first-order valence-corrected chi connectivity index (χ1v) is 7.71. The number of aromatic nitrogens is 1. The second kappa shape index (κ2) is 8.47. The number of aliphatic imine (C=N–C) groups is 1. The van der Waals surface area contributed by atoms with Crippen molar-refractivity contribution in [3.05, 3.63) is 64.1 Å². The van der Waals surface area contributed by atoms with Crippen LogP contribution in [0.1, 0.15) is 5.69 Å². The number of oxazole rings is 1. The number of hydrogen-bond donors (Lipinski definition) is 1. The number of nitro benzene ring substituents is 1. The van der Waals surface area contributed by atoms with E-state index in [2.05, 4.69) is 9.98 Å². The standard InChI is InChI=1S/C17H11FN4O5.K.H/c18-11-2-4-12(5-3-11)26-15-6-1-10(7-14(15)22(24)25)16-20-13-8-19-9-21(23)17(13)27-16;;/h1-7,9,23H,8H2;;. The molecule has 1 N–H and O–H groups in total. The van der Waals surface area contributed by atoms with Gasteiger partial charge in [-0.05, 0) is 36.4 Å². The van der Waals surface area contributed by atoms with E-state index in [-0.39, 0.29) is 86.9 Å². The first-order chi connectivity index (χ1) is 13.0. The van der Waals surface area contributed by atoms with Crippen molar-refractivity contribution in [2.45, 2.75) is 6.54 Å². The minimum atomic E-state index is -0.605. The average Bonchev–Trinajstić information content (AvgIpc) is 3.09. The van der Waals surface area contributed by atoms with Crippen LogP contribution in [0.3, 0.4) is 0 Å². The van der Waals surface area contributed by atoms with Crippen LogP contribution >= 0.6 is 0 Å². The Labute approximate surface area is 200 Å². The van der Waals surface area contributed by atoms with Crippen LogP contribution in [-0.2, 0) is 6.54 Å². The molecular formula is C17H12FKN4O5. The maximum absolute atomic E-state index is 13.0. The van der Waals surface area contributed by atoms with Crippen molar-refractivity contribution in [1.29, 1.82) is 0 Å². The summed E-state index contributed by atoms with van der Waals surface area (Å²) in [4.78, 5) is 18.9. The molecule has 0 saturated carbocycles. The first-order valence-electron chi connectivity index (χ1n) is 7.71. The molecule has 1 aromatic heterocycles. The SMILES string of the molecule is O=[N+]([O-])c1cc(-c2nc3c(o2)N(O)C=NC3)ccc1Oc1ccc(F)cc1.[KH]. The third kappa shape index (κ3) is 4.14. The van der Waals surface area contributed by atoms with Crippen molar-refractivity contribution in [2.24, 2.45) is 4.99 Å². The van der Waals surface area contributed by atoms with Gasteiger partial charge in [-0.3, -0.25) is 20.3 Å². The Morgan fingerprint density at radius 1 is 1.25 bits per heavy atom. The van der Waals surface area contributed by atoms with Crippen molar-refractivity contribution in [3.8, 4) is 23.0 Å². The summed E-state index contributed by atoms with van der Waals surface area (Å²) in [6.07, 6.45) is 1.18. The first kappa shape index (κ1) is 20.6. The zero-order valence-electron chi connectivity index (χ0n) is 13.6. The van der Waals surface area contributed by atoms with Gasteiger partial charge in [0.1, 0.15) is 23.6 Å². The molecule has 0 atom stereocenters. The molecule has 138 valence electrons. The Hall–Kier alpha value is -2.15. The summed E-state index contributed by atoms with van der Waals surface area (Å²) >= 11 is 0. The molecule has 0 saturated heterocycles. The summed E-state index contributed by atoms with van der Waals surface area (Å²) in [5, 5.41) is 21.8. The molecule has 0 unspecified atom stereocenters. The third-order valence-electron chi connectivity index (χ3n) is 3.76. The van der Waals surface area contributed by atoms with Gasteiger partial charge in [0.2, 0.25) is 11.6 Å². The molecule has 0 spiro atoms. The zero-order chi connectivity index (χ0) is 19.0. The molecule has 4 rings (SSSR count). The third-order valence-corrected chi connectivity index (χ3v) is 3.76. The molecule has 0 aliphatic carbocycles. The molecule has 11 heteroatoms. The molecule has 3 aromatic rings. The average molecular weight is 410 g/mol. The predicted octanol–water partition coefficient (Wildman–Crippen LogP) is 3.27. The molecule has 28 heavy (non-hydrogen) atoms. The van der Waals surface area contributed by atoms with Gasteiger partial charge < -0.3 is 9.15 Å². The van der Waals surface area contributed by atoms with Crippen molar-refractivity contribution in [3.63, 3.8) is 0 Å². The van der Waals surface area contributed by atoms with E-state index in [0.717, 1.165) is 0 Å². The normalized spacial score (nSPS) is 12.3. The summed E-state index contributed by atoms with van der Waals surface area (Å²) in [5.41, 5.74) is 0.422. The van der Waals surface area contributed by atoms with Crippen LogP contribution in [0.5, 0.6) is 11.5 Å². The fourth-order valence-corrected chi connectivity index (χ4v) is 2.52. The zero-order valence-corrected chi connectivity index (χ0v) is 13.6. The molecule has 2 aromatic carbocycles. The number of ether oxygens (including phenoxy) is 1. The van der Waals surface area contributed by atoms with E-state index < -0.39 is 10.7 Å². The topological polar surface area (TPSA) is 114 Å². The summed E-state index contributed by atoms with van der Waals surface area (Å²) in [7, 11) is 0. The molecule has 0 fully saturated rings. The summed E-state index contributed by atoms with van der Waals surface area (Å²) in [6, 6.07) is 9.29. The van der Waals surface area contributed by atoms with Crippen molar-refractivity contribution >= 4 is 69.3 Å². The Morgan fingerprint density at radius 2 is 2.00 bits per heavy atom. The van der Waals surface area contributed by atoms with Crippen LogP contribution < -0.4 is 9.80 Å².